The SMILES string of the molecule is CC(=O)N[C@@H]1[C@@H](OCc2ccccc2)OC2COC(c3ccccc3)O[C@H]2[C@@H]1OCC(=O)O. The van der Waals surface area contributed by atoms with Crippen LogP contribution in [0.5, 0.6) is 0 Å². The quantitative estimate of drug-likeness (QED) is 0.619. The van der Waals surface area contributed by atoms with E-state index in [1.807, 2.05) is 60.7 Å². The lowest BCUT2D eigenvalue weighted by Crippen LogP contribution is -2.67. The van der Waals surface area contributed by atoms with Crippen LogP contribution in [0.25, 0.3) is 0 Å². The Kier molecular flexibility index (Phi) is 7.69. The number of ether oxygens (including phenoxy) is 5. The molecule has 4 rings (SSSR count). The lowest BCUT2D eigenvalue weighted by molar-refractivity contribution is -0.349. The summed E-state index contributed by atoms with van der Waals surface area (Å²) in [6.45, 7) is 1.23. The van der Waals surface area contributed by atoms with E-state index in [1.165, 1.54) is 6.92 Å². The standard InChI is InChI=1S/C24H27NO8/c1-15(26)25-20-22(29-14-19(27)28)21-18(13-31-23(33-21)17-10-6-3-7-11-17)32-24(20)30-12-16-8-4-2-5-9-16/h2-11,18,20-24H,12-14H2,1H3,(H,25,26)(H,27,28)/t18?,20-,21+,22+,23?,24-/m0/s1. The van der Waals surface area contributed by atoms with E-state index in [-0.39, 0.29) is 19.1 Å². The molecule has 0 spiro atoms. The van der Waals surface area contributed by atoms with Gasteiger partial charge >= 0.3 is 5.97 Å². The lowest BCUT2D eigenvalue weighted by Gasteiger charge is -2.49. The van der Waals surface area contributed by atoms with E-state index >= 15 is 0 Å². The average molecular weight is 457 g/mol. The van der Waals surface area contributed by atoms with E-state index in [2.05, 4.69) is 5.32 Å². The van der Waals surface area contributed by atoms with Crippen LogP contribution in [-0.2, 0) is 39.9 Å². The molecule has 0 aliphatic carbocycles. The van der Waals surface area contributed by atoms with Gasteiger partial charge in [0.15, 0.2) is 12.6 Å². The van der Waals surface area contributed by atoms with Gasteiger partial charge in [0.1, 0.15) is 31.0 Å². The summed E-state index contributed by atoms with van der Waals surface area (Å²) in [4.78, 5) is 23.3. The number of rotatable bonds is 8. The van der Waals surface area contributed by atoms with Crippen LogP contribution in [0.1, 0.15) is 24.3 Å². The van der Waals surface area contributed by atoms with Gasteiger partial charge in [0.05, 0.1) is 13.2 Å². The van der Waals surface area contributed by atoms with Crippen LogP contribution >= 0.6 is 0 Å². The Bertz CT molecular complexity index is 925. The summed E-state index contributed by atoms with van der Waals surface area (Å²) < 4.78 is 29.9. The third-order valence-electron chi connectivity index (χ3n) is 5.44. The van der Waals surface area contributed by atoms with Crippen molar-refractivity contribution in [2.24, 2.45) is 0 Å². The molecule has 2 unspecified atom stereocenters. The summed E-state index contributed by atoms with van der Waals surface area (Å²) in [5.41, 5.74) is 1.74. The first-order valence-electron chi connectivity index (χ1n) is 10.7. The molecular formula is C24H27NO8. The zero-order valence-corrected chi connectivity index (χ0v) is 18.2. The molecule has 0 saturated carbocycles. The number of nitrogens with one attached hydrogen (secondary N) is 1. The first-order chi connectivity index (χ1) is 16.0. The van der Waals surface area contributed by atoms with E-state index in [1.54, 1.807) is 0 Å². The van der Waals surface area contributed by atoms with E-state index < -0.39 is 49.5 Å². The molecule has 2 aromatic carbocycles. The first kappa shape index (κ1) is 23.3. The Morgan fingerprint density at radius 3 is 2.39 bits per heavy atom. The minimum atomic E-state index is -1.13. The van der Waals surface area contributed by atoms with Gasteiger partial charge in [0, 0.05) is 12.5 Å². The number of carboxylic acids is 1. The number of carbonyl (C=O) groups excluding carboxylic acids is 1. The van der Waals surface area contributed by atoms with Crippen molar-refractivity contribution in [1.82, 2.24) is 5.32 Å². The Labute approximate surface area is 191 Å². The third-order valence-corrected chi connectivity index (χ3v) is 5.44. The van der Waals surface area contributed by atoms with Gasteiger partial charge in [-0.25, -0.2) is 4.79 Å². The largest absolute Gasteiger partial charge is 0.480 e. The van der Waals surface area contributed by atoms with Crippen molar-refractivity contribution in [2.75, 3.05) is 13.2 Å². The summed E-state index contributed by atoms with van der Waals surface area (Å²) in [5.74, 6) is -1.46. The summed E-state index contributed by atoms with van der Waals surface area (Å²) in [7, 11) is 0. The highest BCUT2D eigenvalue weighted by Gasteiger charge is 2.51. The predicted molar refractivity (Wildman–Crippen MR) is 115 cm³/mol. The molecule has 2 saturated heterocycles. The second kappa shape index (κ2) is 10.9. The smallest absolute Gasteiger partial charge is 0.329 e. The Morgan fingerprint density at radius 1 is 1.03 bits per heavy atom. The molecule has 9 nitrogen and oxygen atoms in total. The zero-order chi connectivity index (χ0) is 23.2. The molecule has 2 fully saturated rings. The summed E-state index contributed by atoms with van der Waals surface area (Å²) in [6.07, 6.45) is -3.66. The predicted octanol–water partition coefficient (Wildman–Crippen LogP) is 2.02. The van der Waals surface area contributed by atoms with Crippen molar-refractivity contribution in [2.45, 2.75) is 50.5 Å². The van der Waals surface area contributed by atoms with Crippen LogP contribution in [0.4, 0.5) is 0 Å². The number of carboxylic acid groups (broad SMARTS) is 1. The molecule has 0 radical (unpaired) electrons. The van der Waals surface area contributed by atoms with Gasteiger partial charge in [0.2, 0.25) is 5.91 Å². The number of carbonyl (C=O) groups is 2. The van der Waals surface area contributed by atoms with Crippen LogP contribution in [0.2, 0.25) is 0 Å². The highest BCUT2D eigenvalue weighted by molar-refractivity contribution is 5.73. The van der Waals surface area contributed by atoms with Crippen molar-refractivity contribution in [3.63, 3.8) is 0 Å². The summed E-state index contributed by atoms with van der Waals surface area (Å²) in [5, 5.41) is 12.0. The zero-order valence-electron chi connectivity index (χ0n) is 18.2. The van der Waals surface area contributed by atoms with Crippen LogP contribution in [0.3, 0.4) is 0 Å². The second-order valence-corrected chi connectivity index (χ2v) is 7.91. The number of amides is 1. The highest BCUT2D eigenvalue weighted by atomic mass is 16.8. The van der Waals surface area contributed by atoms with Gasteiger partial charge in [-0.05, 0) is 5.56 Å². The van der Waals surface area contributed by atoms with Crippen molar-refractivity contribution < 1.29 is 38.4 Å². The van der Waals surface area contributed by atoms with Gasteiger partial charge in [0.25, 0.3) is 0 Å². The van der Waals surface area contributed by atoms with Crippen molar-refractivity contribution >= 4 is 11.9 Å². The van der Waals surface area contributed by atoms with Gasteiger partial charge in [-0.2, -0.15) is 0 Å². The molecule has 2 aromatic rings. The number of benzene rings is 2. The minimum absolute atomic E-state index is 0.190. The maximum atomic E-state index is 12.0. The Hall–Kier alpha value is -2.82. The van der Waals surface area contributed by atoms with Crippen LogP contribution < -0.4 is 5.32 Å². The van der Waals surface area contributed by atoms with Crippen LogP contribution in [-0.4, -0.2) is 60.8 Å². The molecular weight excluding hydrogens is 430 g/mol. The molecule has 2 heterocycles. The maximum Gasteiger partial charge on any atom is 0.329 e. The second-order valence-electron chi connectivity index (χ2n) is 7.91. The molecule has 2 aliphatic heterocycles. The normalized spacial score (nSPS) is 29.1. The fourth-order valence-electron chi connectivity index (χ4n) is 4.00. The molecule has 6 atom stereocenters. The van der Waals surface area contributed by atoms with Gasteiger partial charge in [-0.15, -0.1) is 0 Å². The fraction of sp³-hybridized carbons (Fsp3) is 0.417. The van der Waals surface area contributed by atoms with Gasteiger partial charge in [-0.1, -0.05) is 60.7 Å². The van der Waals surface area contributed by atoms with E-state index in [0.29, 0.717) is 0 Å². The van der Waals surface area contributed by atoms with E-state index in [9.17, 15) is 14.7 Å². The van der Waals surface area contributed by atoms with E-state index in [4.69, 9.17) is 23.7 Å². The average Bonchev–Trinajstić information content (AvgIpc) is 2.82. The monoisotopic (exact) mass is 457 g/mol. The van der Waals surface area contributed by atoms with Crippen molar-refractivity contribution in [1.29, 1.82) is 0 Å². The number of hydrogen-bond acceptors (Lipinski definition) is 7. The number of fused-ring (bicyclic) bond motifs is 1. The molecule has 33 heavy (non-hydrogen) atoms. The molecule has 2 aliphatic rings. The summed E-state index contributed by atoms with van der Waals surface area (Å²) in [6, 6.07) is 18.1. The fourth-order valence-corrected chi connectivity index (χ4v) is 4.00. The van der Waals surface area contributed by atoms with Crippen molar-refractivity contribution in [3.8, 4) is 0 Å². The van der Waals surface area contributed by atoms with Gasteiger partial charge < -0.3 is 34.1 Å². The highest BCUT2D eigenvalue weighted by Crippen LogP contribution is 2.35. The first-order valence-corrected chi connectivity index (χ1v) is 10.7. The third kappa shape index (κ3) is 5.95. The Balaban J connectivity index is 1.56. The molecule has 0 aromatic heterocycles. The molecule has 2 N–H and O–H groups in total. The maximum absolute atomic E-state index is 12.0. The summed E-state index contributed by atoms with van der Waals surface area (Å²) >= 11 is 0. The lowest BCUT2D eigenvalue weighted by atomic mass is 9.95. The molecule has 0 bridgehead atoms. The van der Waals surface area contributed by atoms with Gasteiger partial charge in [-0.3, -0.25) is 4.79 Å². The molecule has 176 valence electrons. The molecule has 9 heteroatoms. The molecule has 1 amide bonds. The minimum Gasteiger partial charge on any atom is -0.480 e. The van der Waals surface area contributed by atoms with E-state index in [0.717, 1.165) is 11.1 Å². The van der Waals surface area contributed by atoms with Crippen molar-refractivity contribution in [3.05, 3.63) is 71.8 Å². The van der Waals surface area contributed by atoms with Crippen LogP contribution in [0, 0.1) is 0 Å². The Morgan fingerprint density at radius 2 is 1.73 bits per heavy atom. The number of aliphatic carboxylic acids is 1. The number of hydrogen-bond donors (Lipinski definition) is 2. The van der Waals surface area contributed by atoms with Crippen LogP contribution in [0.15, 0.2) is 60.7 Å². The topological polar surface area (TPSA) is 113 Å².